The molecule has 0 unspecified atom stereocenters. The average Bonchev–Trinajstić information content (AvgIpc) is 2.29. The van der Waals surface area contributed by atoms with E-state index in [1.54, 1.807) is 6.08 Å². The number of oxime groups is 1. The van der Waals surface area contributed by atoms with Gasteiger partial charge in [0.05, 0.1) is 18.2 Å². The zero-order valence-corrected chi connectivity index (χ0v) is 12.1. The van der Waals surface area contributed by atoms with Gasteiger partial charge < -0.3 is 4.62 Å². The normalized spacial score (nSPS) is 18.3. The van der Waals surface area contributed by atoms with Gasteiger partial charge >= 0.3 is 6.72 Å². The molecule has 0 saturated carbocycles. The van der Waals surface area contributed by atoms with E-state index in [1.807, 2.05) is 19.9 Å². The molecule has 95 valence electrons. The predicted octanol–water partition coefficient (Wildman–Crippen LogP) is 3.54. The van der Waals surface area contributed by atoms with E-state index in [0.717, 1.165) is 0 Å². The molecule has 0 amide bonds. The molecule has 0 bridgehead atoms. The summed E-state index contributed by atoms with van der Waals surface area (Å²) in [6.45, 7) is 1.68. The summed E-state index contributed by atoms with van der Waals surface area (Å²) in [5.41, 5.74) is 0.572. The van der Waals surface area contributed by atoms with E-state index >= 15 is 0 Å². The van der Waals surface area contributed by atoms with Gasteiger partial charge in [-0.1, -0.05) is 28.9 Å². The van der Waals surface area contributed by atoms with Crippen LogP contribution in [-0.2, 0) is 25.5 Å². The molecule has 0 aromatic carbocycles. The van der Waals surface area contributed by atoms with E-state index in [-0.39, 0.29) is 0 Å². The van der Waals surface area contributed by atoms with Crippen LogP contribution in [-0.4, -0.2) is 18.9 Å². The van der Waals surface area contributed by atoms with Crippen molar-refractivity contribution in [3.8, 4) is 0 Å². The standard InChI is InChI=1S/C10H14ClNO3PS/c1-3-13-16(17,14-4-2)15-12-10-8-6-5-7-9(10)11/h5-6H,3-4,8H2,1-2H3. The molecule has 1 aliphatic carbocycles. The van der Waals surface area contributed by atoms with Crippen molar-refractivity contribution >= 4 is 35.8 Å². The fraction of sp³-hybridized carbons (Fsp3) is 0.500. The van der Waals surface area contributed by atoms with Crippen LogP contribution in [0.15, 0.2) is 22.3 Å². The van der Waals surface area contributed by atoms with E-state index in [2.05, 4.69) is 11.2 Å². The minimum atomic E-state index is -2.79. The number of hydrogen-bond donors (Lipinski definition) is 0. The Labute approximate surface area is 112 Å². The van der Waals surface area contributed by atoms with Gasteiger partial charge in [-0.25, -0.2) is 0 Å². The molecule has 0 aromatic rings. The van der Waals surface area contributed by atoms with E-state index in [4.69, 9.17) is 37.1 Å². The second-order valence-electron chi connectivity index (χ2n) is 2.97. The van der Waals surface area contributed by atoms with Gasteiger partial charge in [-0.2, -0.15) is 0 Å². The highest BCUT2D eigenvalue weighted by atomic mass is 35.5. The third kappa shape index (κ3) is 4.90. The van der Waals surface area contributed by atoms with Gasteiger partial charge in [0.1, 0.15) is 5.71 Å². The Bertz CT molecular complexity index is 385. The molecule has 1 radical (unpaired) electrons. The molecule has 17 heavy (non-hydrogen) atoms. The second-order valence-corrected chi connectivity index (χ2v) is 6.26. The lowest BCUT2D eigenvalue weighted by Crippen LogP contribution is -2.03. The molecular weight excluding hydrogens is 281 g/mol. The molecule has 0 heterocycles. The number of allylic oxidation sites excluding steroid dienone is 4. The van der Waals surface area contributed by atoms with Gasteiger partial charge in [0.15, 0.2) is 0 Å². The number of nitrogens with zero attached hydrogens (tertiary/aromatic N) is 1. The summed E-state index contributed by atoms with van der Waals surface area (Å²) >= 11 is 11.1. The van der Waals surface area contributed by atoms with Crippen molar-refractivity contribution in [2.24, 2.45) is 5.16 Å². The van der Waals surface area contributed by atoms with E-state index < -0.39 is 6.72 Å². The van der Waals surface area contributed by atoms with Crippen molar-refractivity contribution in [2.75, 3.05) is 13.2 Å². The summed E-state index contributed by atoms with van der Waals surface area (Å²) in [7, 11) is 0. The molecule has 1 rings (SSSR count). The molecule has 0 atom stereocenters. The molecule has 0 spiro atoms. The number of halogens is 1. The monoisotopic (exact) mass is 294 g/mol. The van der Waals surface area contributed by atoms with Crippen molar-refractivity contribution < 1.29 is 13.7 Å². The van der Waals surface area contributed by atoms with Crippen LogP contribution in [0.2, 0.25) is 0 Å². The maximum Gasteiger partial charge on any atom is 0.402 e. The number of hydrogen-bond acceptors (Lipinski definition) is 5. The Kier molecular flexibility index (Phi) is 6.38. The van der Waals surface area contributed by atoms with Gasteiger partial charge in [-0.05, 0) is 13.8 Å². The van der Waals surface area contributed by atoms with Crippen LogP contribution in [0.1, 0.15) is 20.3 Å². The van der Waals surface area contributed by atoms with E-state index in [0.29, 0.717) is 30.4 Å². The van der Waals surface area contributed by atoms with Crippen molar-refractivity contribution in [2.45, 2.75) is 20.3 Å². The molecular formula is C10H14ClNO3PS. The minimum absolute atomic E-state index is 0.414. The summed E-state index contributed by atoms with van der Waals surface area (Å²) < 4.78 is 15.8. The smallest absolute Gasteiger partial charge is 0.313 e. The highest BCUT2D eigenvalue weighted by molar-refractivity contribution is 8.07. The zero-order valence-electron chi connectivity index (χ0n) is 9.68. The maximum atomic E-state index is 5.91. The lowest BCUT2D eigenvalue weighted by atomic mass is 10.1. The zero-order chi connectivity index (χ0) is 12.7. The molecule has 0 fully saturated rings. The molecule has 0 N–H and O–H groups in total. The second kappa shape index (κ2) is 7.29. The van der Waals surface area contributed by atoms with Crippen LogP contribution in [0.3, 0.4) is 0 Å². The third-order valence-corrected chi connectivity index (χ3v) is 4.31. The third-order valence-electron chi connectivity index (χ3n) is 1.72. The summed E-state index contributed by atoms with van der Waals surface area (Å²) in [4.78, 5) is 0. The summed E-state index contributed by atoms with van der Waals surface area (Å²) in [5, 5.41) is 4.32. The van der Waals surface area contributed by atoms with Gasteiger partial charge in [0.2, 0.25) is 0 Å². The Morgan fingerprint density at radius 3 is 2.65 bits per heavy atom. The summed E-state index contributed by atoms with van der Waals surface area (Å²) in [6, 6.07) is 0. The van der Waals surface area contributed by atoms with Crippen LogP contribution in [0.25, 0.3) is 0 Å². The van der Waals surface area contributed by atoms with Crippen LogP contribution in [0.4, 0.5) is 0 Å². The quantitative estimate of drug-likeness (QED) is 0.555. The highest BCUT2D eigenvalue weighted by Crippen LogP contribution is 2.50. The van der Waals surface area contributed by atoms with Crippen LogP contribution < -0.4 is 0 Å². The first kappa shape index (κ1) is 14.9. The lowest BCUT2D eigenvalue weighted by Gasteiger charge is -2.17. The fourth-order valence-electron chi connectivity index (χ4n) is 1.05. The minimum Gasteiger partial charge on any atom is -0.313 e. The Morgan fingerprint density at radius 1 is 1.47 bits per heavy atom. The molecule has 0 saturated heterocycles. The molecule has 7 heteroatoms. The highest BCUT2D eigenvalue weighted by Gasteiger charge is 2.21. The molecule has 0 aromatic heterocycles. The van der Waals surface area contributed by atoms with Crippen molar-refractivity contribution in [3.05, 3.63) is 23.3 Å². The summed E-state index contributed by atoms with van der Waals surface area (Å²) in [6.07, 6.45) is 7.02. The molecule has 1 aliphatic rings. The molecule has 0 aliphatic heterocycles. The van der Waals surface area contributed by atoms with Gasteiger partial charge in [-0.15, -0.1) is 0 Å². The Hall–Kier alpha value is -0.190. The van der Waals surface area contributed by atoms with E-state index in [9.17, 15) is 0 Å². The maximum absolute atomic E-state index is 5.91. The topological polar surface area (TPSA) is 40.0 Å². The van der Waals surface area contributed by atoms with Crippen molar-refractivity contribution in [1.29, 1.82) is 0 Å². The van der Waals surface area contributed by atoms with Crippen LogP contribution >= 0.6 is 18.3 Å². The first-order valence-electron chi connectivity index (χ1n) is 5.20. The Balaban J connectivity index is 2.69. The van der Waals surface area contributed by atoms with Gasteiger partial charge in [-0.3, -0.25) is 9.05 Å². The fourth-order valence-corrected chi connectivity index (χ4v) is 2.96. The SMILES string of the molecule is CCOP(=S)(OCC)ON=C1CC=C[C]=C1Cl. The van der Waals surface area contributed by atoms with Crippen LogP contribution in [0.5, 0.6) is 0 Å². The lowest BCUT2D eigenvalue weighted by molar-refractivity contribution is 0.171. The Morgan fingerprint density at radius 2 is 2.12 bits per heavy atom. The first-order chi connectivity index (χ1) is 8.11. The summed E-state index contributed by atoms with van der Waals surface area (Å²) in [5.74, 6) is 0. The predicted molar refractivity (Wildman–Crippen MR) is 72.4 cm³/mol. The first-order valence-corrected chi connectivity index (χ1v) is 8.13. The van der Waals surface area contributed by atoms with E-state index in [1.165, 1.54) is 0 Å². The molecule has 4 nitrogen and oxygen atoms in total. The van der Waals surface area contributed by atoms with Gasteiger partial charge in [0.25, 0.3) is 0 Å². The number of rotatable bonds is 6. The average molecular weight is 295 g/mol. The largest absolute Gasteiger partial charge is 0.402 e. The van der Waals surface area contributed by atoms with Crippen molar-refractivity contribution in [1.82, 2.24) is 0 Å². The van der Waals surface area contributed by atoms with Crippen LogP contribution in [0, 0.1) is 6.08 Å². The van der Waals surface area contributed by atoms with Gasteiger partial charge in [0, 0.05) is 24.3 Å². The van der Waals surface area contributed by atoms with Crippen molar-refractivity contribution in [3.63, 3.8) is 0 Å².